The quantitative estimate of drug-likeness (QED) is 0.620. The van der Waals surface area contributed by atoms with Crippen molar-refractivity contribution in [3.8, 4) is 5.40 Å². The molecule has 0 saturated carbocycles. The average molecular weight is 183 g/mol. The molecule has 0 unspecified atom stereocenters. The summed E-state index contributed by atoms with van der Waals surface area (Å²) in [5.41, 5.74) is -0.589. The predicted molar refractivity (Wildman–Crippen MR) is 44.6 cm³/mol. The molecule has 0 amide bonds. The summed E-state index contributed by atoms with van der Waals surface area (Å²) >= 11 is 0.945. The molecule has 1 aromatic rings. The van der Waals surface area contributed by atoms with Gasteiger partial charge >= 0.3 is 5.69 Å². The molecule has 6 heteroatoms. The SMILES string of the molecule is N#CSCc1c[nH]c(=O)[nH]c1=O. The summed E-state index contributed by atoms with van der Waals surface area (Å²) in [6.45, 7) is 0. The molecule has 0 aliphatic carbocycles. The Labute approximate surface area is 71.4 Å². The van der Waals surface area contributed by atoms with Crippen LogP contribution in [0.1, 0.15) is 5.56 Å². The summed E-state index contributed by atoms with van der Waals surface area (Å²) in [5.74, 6) is 0.280. The van der Waals surface area contributed by atoms with Gasteiger partial charge < -0.3 is 4.98 Å². The standard InChI is InChI=1S/C6H5N3O2S/c7-3-12-2-4-1-8-6(11)9-5(4)10/h1H,2H2,(H2,8,9,10,11). The minimum Gasteiger partial charge on any atom is -0.314 e. The highest BCUT2D eigenvalue weighted by molar-refractivity contribution is 8.02. The smallest absolute Gasteiger partial charge is 0.314 e. The maximum absolute atomic E-state index is 10.9. The molecule has 12 heavy (non-hydrogen) atoms. The summed E-state index contributed by atoms with van der Waals surface area (Å²) in [4.78, 5) is 25.9. The lowest BCUT2D eigenvalue weighted by Crippen LogP contribution is -2.23. The van der Waals surface area contributed by atoms with Crippen LogP contribution in [0.3, 0.4) is 0 Å². The minimum atomic E-state index is -0.536. The molecule has 0 aromatic carbocycles. The van der Waals surface area contributed by atoms with Crippen LogP contribution >= 0.6 is 11.8 Å². The summed E-state index contributed by atoms with van der Waals surface area (Å²) in [7, 11) is 0. The van der Waals surface area contributed by atoms with Crippen LogP contribution in [0.15, 0.2) is 15.8 Å². The maximum atomic E-state index is 10.9. The number of nitriles is 1. The summed E-state index contributed by atoms with van der Waals surface area (Å²) in [6, 6.07) is 0. The monoisotopic (exact) mass is 183 g/mol. The number of aromatic nitrogens is 2. The summed E-state index contributed by atoms with van der Waals surface area (Å²) in [5, 5.41) is 10.0. The van der Waals surface area contributed by atoms with Crippen molar-refractivity contribution in [2.45, 2.75) is 5.75 Å². The Morgan fingerprint density at radius 1 is 1.58 bits per heavy atom. The number of hydrogen-bond donors (Lipinski definition) is 2. The lowest BCUT2D eigenvalue weighted by molar-refractivity contribution is 1.00. The highest BCUT2D eigenvalue weighted by atomic mass is 32.2. The molecule has 0 radical (unpaired) electrons. The molecule has 62 valence electrons. The highest BCUT2D eigenvalue weighted by Crippen LogP contribution is 2.03. The fourth-order valence-electron chi connectivity index (χ4n) is 0.655. The van der Waals surface area contributed by atoms with E-state index in [1.54, 1.807) is 0 Å². The number of nitrogens with one attached hydrogen (secondary N) is 2. The summed E-state index contributed by atoms with van der Waals surface area (Å²) in [6.07, 6.45) is 1.31. The lowest BCUT2D eigenvalue weighted by Gasteiger charge is -1.91. The van der Waals surface area contributed by atoms with Crippen molar-refractivity contribution < 1.29 is 0 Å². The average Bonchev–Trinajstić information content (AvgIpc) is 2.03. The van der Waals surface area contributed by atoms with Crippen LogP contribution in [-0.2, 0) is 5.75 Å². The Bertz CT molecular complexity index is 414. The van der Waals surface area contributed by atoms with Crippen molar-refractivity contribution >= 4 is 11.8 Å². The largest absolute Gasteiger partial charge is 0.325 e. The van der Waals surface area contributed by atoms with Crippen LogP contribution in [-0.4, -0.2) is 9.97 Å². The van der Waals surface area contributed by atoms with Crippen LogP contribution in [0, 0.1) is 10.7 Å². The van der Waals surface area contributed by atoms with Crippen molar-refractivity contribution in [2.75, 3.05) is 0 Å². The van der Waals surface area contributed by atoms with E-state index in [0.29, 0.717) is 5.56 Å². The Morgan fingerprint density at radius 2 is 2.33 bits per heavy atom. The molecular weight excluding hydrogens is 178 g/mol. The van der Waals surface area contributed by atoms with E-state index >= 15 is 0 Å². The van der Waals surface area contributed by atoms with Gasteiger partial charge in [-0.1, -0.05) is 0 Å². The Kier molecular flexibility index (Phi) is 2.71. The van der Waals surface area contributed by atoms with Crippen molar-refractivity contribution in [1.82, 2.24) is 9.97 Å². The fourth-order valence-corrected chi connectivity index (χ4v) is 1.09. The Hall–Kier alpha value is -1.48. The van der Waals surface area contributed by atoms with Crippen molar-refractivity contribution in [3.63, 3.8) is 0 Å². The van der Waals surface area contributed by atoms with E-state index in [1.165, 1.54) is 6.20 Å². The van der Waals surface area contributed by atoms with Crippen molar-refractivity contribution in [1.29, 1.82) is 5.26 Å². The van der Waals surface area contributed by atoms with Crippen LogP contribution in [0.25, 0.3) is 0 Å². The first-order valence-electron chi connectivity index (χ1n) is 3.06. The van der Waals surface area contributed by atoms with Gasteiger partial charge in [0.05, 0.1) is 0 Å². The predicted octanol–water partition coefficient (Wildman–Crippen LogP) is -0.223. The van der Waals surface area contributed by atoms with Crippen LogP contribution < -0.4 is 11.2 Å². The van der Waals surface area contributed by atoms with E-state index in [4.69, 9.17) is 5.26 Å². The zero-order valence-electron chi connectivity index (χ0n) is 5.96. The van der Waals surface area contributed by atoms with E-state index in [1.807, 2.05) is 5.40 Å². The molecule has 1 heterocycles. The second-order valence-electron chi connectivity index (χ2n) is 1.98. The molecular formula is C6H5N3O2S. The first-order valence-corrected chi connectivity index (χ1v) is 4.04. The number of rotatable bonds is 2. The van der Waals surface area contributed by atoms with Gasteiger partial charge in [-0.3, -0.25) is 9.78 Å². The number of thiocyanates is 1. The minimum absolute atomic E-state index is 0.280. The Balaban J connectivity index is 2.96. The van der Waals surface area contributed by atoms with Gasteiger partial charge in [0.2, 0.25) is 0 Å². The summed E-state index contributed by atoms with van der Waals surface area (Å²) < 4.78 is 0. The third kappa shape index (κ3) is 2.00. The van der Waals surface area contributed by atoms with E-state index < -0.39 is 11.2 Å². The molecule has 0 bridgehead atoms. The number of nitrogens with zero attached hydrogens (tertiary/aromatic N) is 1. The lowest BCUT2D eigenvalue weighted by atomic mass is 10.4. The molecule has 0 atom stereocenters. The number of aromatic amines is 2. The number of H-pyrrole nitrogens is 2. The van der Waals surface area contributed by atoms with E-state index in [2.05, 4.69) is 9.97 Å². The van der Waals surface area contributed by atoms with Gasteiger partial charge in [-0.25, -0.2) is 4.79 Å². The third-order valence-corrected chi connectivity index (χ3v) is 1.77. The first-order chi connectivity index (χ1) is 5.74. The second-order valence-corrected chi connectivity index (χ2v) is 2.74. The van der Waals surface area contributed by atoms with E-state index in [9.17, 15) is 9.59 Å². The Morgan fingerprint density at radius 3 is 2.92 bits per heavy atom. The normalized spacial score (nSPS) is 9.25. The molecule has 0 saturated heterocycles. The zero-order valence-corrected chi connectivity index (χ0v) is 6.77. The van der Waals surface area contributed by atoms with Crippen LogP contribution in [0.5, 0.6) is 0 Å². The van der Waals surface area contributed by atoms with E-state index in [0.717, 1.165) is 11.8 Å². The van der Waals surface area contributed by atoms with E-state index in [-0.39, 0.29) is 5.75 Å². The van der Waals surface area contributed by atoms with Gasteiger partial charge in [0.25, 0.3) is 5.56 Å². The molecule has 0 aliphatic heterocycles. The maximum Gasteiger partial charge on any atom is 0.325 e. The number of thioether (sulfide) groups is 1. The molecule has 2 N–H and O–H groups in total. The topological polar surface area (TPSA) is 89.5 Å². The molecule has 5 nitrogen and oxygen atoms in total. The van der Waals surface area contributed by atoms with Crippen molar-refractivity contribution in [2.24, 2.45) is 0 Å². The molecule has 0 aliphatic rings. The van der Waals surface area contributed by atoms with Crippen LogP contribution in [0.2, 0.25) is 0 Å². The zero-order chi connectivity index (χ0) is 8.97. The first kappa shape index (κ1) is 8.62. The number of hydrogen-bond acceptors (Lipinski definition) is 4. The van der Waals surface area contributed by atoms with Gasteiger partial charge in [0.15, 0.2) is 0 Å². The second kappa shape index (κ2) is 3.78. The van der Waals surface area contributed by atoms with Gasteiger partial charge in [0, 0.05) is 17.5 Å². The molecule has 0 spiro atoms. The van der Waals surface area contributed by atoms with Crippen LogP contribution in [0.4, 0.5) is 0 Å². The van der Waals surface area contributed by atoms with Gasteiger partial charge in [-0.2, -0.15) is 5.26 Å². The van der Waals surface area contributed by atoms with Gasteiger partial charge in [0.1, 0.15) is 5.40 Å². The third-order valence-electron chi connectivity index (χ3n) is 1.19. The van der Waals surface area contributed by atoms with Crippen molar-refractivity contribution in [3.05, 3.63) is 32.6 Å². The molecule has 1 aromatic heterocycles. The van der Waals surface area contributed by atoms with Gasteiger partial charge in [-0.05, 0) is 11.8 Å². The highest BCUT2D eigenvalue weighted by Gasteiger charge is 1.98. The molecule has 0 fully saturated rings. The fraction of sp³-hybridized carbons (Fsp3) is 0.167. The molecule has 1 rings (SSSR count). The van der Waals surface area contributed by atoms with Gasteiger partial charge in [-0.15, -0.1) is 0 Å².